The Bertz CT molecular complexity index is 631. The first-order valence-corrected chi connectivity index (χ1v) is 9.75. The van der Waals surface area contributed by atoms with Crippen LogP contribution in [-0.2, 0) is 13.0 Å². The van der Waals surface area contributed by atoms with Crippen molar-refractivity contribution in [3.8, 4) is 0 Å². The normalized spacial score (nSPS) is 19.1. The Balaban J connectivity index is 2.30. The second-order valence-corrected chi connectivity index (χ2v) is 7.40. The van der Waals surface area contributed by atoms with Gasteiger partial charge in [0.1, 0.15) is 0 Å². The van der Waals surface area contributed by atoms with E-state index in [1.165, 1.54) is 18.4 Å². The molecule has 1 aliphatic rings. The zero-order valence-corrected chi connectivity index (χ0v) is 15.9. The lowest BCUT2D eigenvalue weighted by Crippen LogP contribution is -2.47. The van der Waals surface area contributed by atoms with Crippen LogP contribution in [-0.4, -0.2) is 17.3 Å². The van der Waals surface area contributed by atoms with Crippen LogP contribution in [0.4, 0.5) is 0 Å². The largest absolute Gasteiger partial charge is 0.385 e. The van der Waals surface area contributed by atoms with Crippen molar-refractivity contribution in [3.63, 3.8) is 0 Å². The zero-order valence-electron chi connectivity index (χ0n) is 15.9. The number of nitrogens with two attached hydrogens (primary N) is 2. The van der Waals surface area contributed by atoms with E-state index >= 15 is 0 Å². The van der Waals surface area contributed by atoms with Gasteiger partial charge in [-0.3, -0.25) is 0 Å². The van der Waals surface area contributed by atoms with Crippen molar-refractivity contribution in [1.29, 1.82) is 0 Å². The number of hydrogen-bond donors (Lipinski definition) is 3. The summed E-state index contributed by atoms with van der Waals surface area (Å²) in [5.74, 6) is 0.500. The fraction of sp³-hybridized carbons (Fsp3) is 0.478. The molecule has 5 N–H and O–H groups in total. The van der Waals surface area contributed by atoms with Crippen molar-refractivity contribution in [1.82, 2.24) is 0 Å². The van der Waals surface area contributed by atoms with Crippen LogP contribution in [0.1, 0.15) is 43.2 Å². The summed E-state index contributed by atoms with van der Waals surface area (Å²) < 4.78 is 0. The van der Waals surface area contributed by atoms with Gasteiger partial charge in [-0.2, -0.15) is 0 Å². The molecule has 26 heavy (non-hydrogen) atoms. The molecule has 2 atom stereocenters. The van der Waals surface area contributed by atoms with Crippen LogP contribution in [0.3, 0.4) is 0 Å². The lowest BCUT2D eigenvalue weighted by Gasteiger charge is -2.40. The fourth-order valence-corrected chi connectivity index (χ4v) is 4.44. The van der Waals surface area contributed by atoms with Gasteiger partial charge in [0.2, 0.25) is 0 Å². The van der Waals surface area contributed by atoms with Gasteiger partial charge in [0.25, 0.3) is 0 Å². The van der Waals surface area contributed by atoms with Crippen molar-refractivity contribution < 1.29 is 5.11 Å². The molecular weight excluding hydrogens is 320 g/mol. The Morgan fingerprint density at radius 2 is 1.92 bits per heavy atom. The minimum Gasteiger partial charge on any atom is -0.385 e. The molecule has 2 unspecified atom stereocenters. The van der Waals surface area contributed by atoms with Gasteiger partial charge < -0.3 is 16.6 Å². The zero-order chi connectivity index (χ0) is 19.0. The maximum atomic E-state index is 11.8. The number of aryl methyl sites for hydroxylation is 1. The Hall–Kier alpha value is -1.68. The van der Waals surface area contributed by atoms with Gasteiger partial charge in [-0.15, -0.1) is 0 Å². The van der Waals surface area contributed by atoms with E-state index in [2.05, 4.69) is 25.3 Å². The molecule has 0 amide bonds. The lowest BCUT2D eigenvalue weighted by atomic mass is 9.70. The van der Waals surface area contributed by atoms with E-state index in [1.807, 2.05) is 18.2 Å². The summed E-state index contributed by atoms with van der Waals surface area (Å²) in [5, 5.41) is 11.8. The van der Waals surface area contributed by atoms with Crippen LogP contribution in [0.15, 0.2) is 61.2 Å². The molecule has 1 aliphatic carbocycles. The van der Waals surface area contributed by atoms with Crippen LogP contribution in [0, 0.1) is 11.8 Å². The van der Waals surface area contributed by atoms with Crippen molar-refractivity contribution in [2.45, 2.75) is 50.7 Å². The molecule has 142 valence electrons. The first-order chi connectivity index (χ1) is 12.6. The number of benzene rings is 1. The molecule has 1 fully saturated rings. The second kappa shape index (κ2) is 9.86. The summed E-state index contributed by atoms with van der Waals surface area (Å²) >= 11 is 0. The predicted molar refractivity (Wildman–Crippen MR) is 111 cm³/mol. The van der Waals surface area contributed by atoms with Crippen LogP contribution < -0.4 is 11.5 Å². The number of hydrogen-bond acceptors (Lipinski definition) is 3. The summed E-state index contributed by atoms with van der Waals surface area (Å²) in [6.45, 7) is 8.75. The quantitative estimate of drug-likeness (QED) is 0.559. The van der Waals surface area contributed by atoms with Crippen molar-refractivity contribution in [3.05, 3.63) is 72.4 Å². The Morgan fingerprint density at radius 3 is 2.50 bits per heavy atom. The summed E-state index contributed by atoms with van der Waals surface area (Å²) in [6.07, 6.45) is 11.5. The van der Waals surface area contributed by atoms with Crippen molar-refractivity contribution >= 4 is 0 Å². The predicted octanol–water partition coefficient (Wildman–Crippen LogP) is 3.87. The van der Waals surface area contributed by atoms with E-state index in [1.54, 1.807) is 12.2 Å². The summed E-state index contributed by atoms with van der Waals surface area (Å²) in [4.78, 5) is 0. The molecule has 2 rings (SSSR count). The van der Waals surface area contributed by atoms with E-state index in [4.69, 9.17) is 11.5 Å². The SMILES string of the molecule is C=C/C=C(\C=C)C(O)(CCc1cccc(CN)c1)C(CN)C1CCCC1. The monoisotopic (exact) mass is 354 g/mol. The van der Waals surface area contributed by atoms with Crippen LogP contribution in [0.5, 0.6) is 0 Å². The standard InChI is InChI=1S/C23H34N2O/c1-3-8-21(4-2)23(26,22(17-25)20-11-5-6-12-20)14-13-18-9-7-10-19(15-18)16-24/h3-4,7-10,15,20,22,26H,1-2,5-6,11-14,16-17,24-25H2/b21-8+. The molecule has 0 heterocycles. The van der Waals surface area contributed by atoms with Gasteiger partial charge >= 0.3 is 0 Å². The average molecular weight is 355 g/mol. The number of allylic oxidation sites excluding steroid dienone is 2. The Kier molecular flexibility index (Phi) is 7.83. The molecule has 1 aromatic carbocycles. The van der Waals surface area contributed by atoms with E-state index in [-0.39, 0.29) is 5.92 Å². The number of rotatable bonds is 10. The van der Waals surface area contributed by atoms with E-state index in [0.717, 1.165) is 30.4 Å². The minimum atomic E-state index is -0.988. The van der Waals surface area contributed by atoms with Gasteiger partial charge in [-0.05, 0) is 42.0 Å². The summed E-state index contributed by atoms with van der Waals surface area (Å²) in [6, 6.07) is 8.28. The molecule has 0 bridgehead atoms. The van der Waals surface area contributed by atoms with Gasteiger partial charge in [0.15, 0.2) is 0 Å². The molecule has 0 aliphatic heterocycles. The molecular formula is C23H34N2O. The first-order valence-electron chi connectivity index (χ1n) is 9.75. The highest BCUT2D eigenvalue weighted by molar-refractivity contribution is 5.33. The smallest absolute Gasteiger partial charge is 0.0942 e. The van der Waals surface area contributed by atoms with Gasteiger partial charge in [-0.25, -0.2) is 0 Å². The molecule has 0 aromatic heterocycles. The maximum Gasteiger partial charge on any atom is 0.0942 e. The van der Waals surface area contributed by atoms with E-state index in [9.17, 15) is 5.11 Å². The molecule has 1 aromatic rings. The van der Waals surface area contributed by atoms with Crippen LogP contribution in [0.2, 0.25) is 0 Å². The number of aliphatic hydroxyl groups is 1. The average Bonchev–Trinajstić information content (AvgIpc) is 3.19. The maximum absolute atomic E-state index is 11.8. The van der Waals surface area contributed by atoms with Crippen molar-refractivity contribution in [2.75, 3.05) is 6.54 Å². The van der Waals surface area contributed by atoms with Gasteiger partial charge in [-0.1, -0.05) is 81.3 Å². The molecule has 0 spiro atoms. The Labute approximate surface area is 158 Å². The molecule has 0 radical (unpaired) electrons. The third kappa shape index (κ3) is 4.73. The summed E-state index contributed by atoms with van der Waals surface area (Å²) in [7, 11) is 0. The first kappa shape index (κ1) is 20.6. The highest BCUT2D eigenvalue weighted by Crippen LogP contribution is 2.42. The van der Waals surface area contributed by atoms with Crippen LogP contribution >= 0.6 is 0 Å². The molecule has 3 nitrogen and oxygen atoms in total. The second-order valence-electron chi connectivity index (χ2n) is 7.40. The molecule has 1 saturated carbocycles. The minimum absolute atomic E-state index is 0.0342. The highest BCUT2D eigenvalue weighted by atomic mass is 16.3. The van der Waals surface area contributed by atoms with E-state index < -0.39 is 5.60 Å². The third-order valence-electron chi connectivity index (χ3n) is 5.88. The van der Waals surface area contributed by atoms with Crippen LogP contribution in [0.25, 0.3) is 0 Å². The van der Waals surface area contributed by atoms with Gasteiger partial charge in [0.05, 0.1) is 5.60 Å². The lowest BCUT2D eigenvalue weighted by molar-refractivity contribution is -0.00957. The van der Waals surface area contributed by atoms with Crippen molar-refractivity contribution in [2.24, 2.45) is 23.3 Å². The Morgan fingerprint density at radius 1 is 1.23 bits per heavy atom. The highest BCUT2D eigenvalue weighted by Gasteiger charge is 2.42. The summed E-state index contributed by atoms with van der Waals surface area (Å²) in [5.41, 5.74) is 14.1. The fourth-order valence-electron chi connectivity index (χ4n) is 4.44. The van der Waals surface area contributed by atoms with Gasteiger partial charge in [0, 0.05) is 12.5 Å². The topological polar surface area (TPSA) is 72.3 Å². The third-order valence-corrected chi connectivity index (χ3v) is 5.88. The molecule has 3 heteroatoms. The molecule has 0 saturated heterocycles. The van der Waals surface area contributed by atoms with E-state index in [0.29, 0.717) is 25.4 Å².